The van der Waals surface area contributed by atoms with Gasteiger partial charge in [0.1, 0.15) is 6.10 Å². The molecule has 0 spiro atoms. The van der Waals surface area contributed by atoms with Crippen LogP contribution in [0.3, 0.4) is 0 Å². The van der Waals surface area contributed by atoms with Crippen LogP contribution in [0, 0.1) is 0 Å². The molecule has 1 unspecified atom stereocenters. The van der Waals surface area contributed by atoms with Crippen LogP contribution in [-0.2, 0) is 11.3 Å². The van der Waals surface area contributed by atoms with Gasteiger partial charge in [0.2, 0.25) is 0 Å². The van der Waals surface area contributed by atoms with E-state index in [-0.39, 0.29) is 12.2 Å². The number of allylic oxidation sites excluding steroid dienone is 1. The molecule has 0 aromatic heterocycles. The summed E-state index contributed by atoms with van der Waals surface area (Å²) in [5.41, 5.74) is 2.22. The third-order valence-electron chi connectivity index (χ3n) is 2.93. The third kappa shape index (κ3) is 3.34. The van der Waals surface area contributed by atoms with Crippen molar-refractivity contribution in [1.29, 1.82) is 0 Å². The predicted molar refractivity (Wildman–Crippen MR) is 66.5 cm³/mol. The van der Waals surface area contributed by atoms with E-state index in [1.165, 1.54) is 0 Å². The number of carbonyl (C=O) groups is 1. The van der Waals surface area contributed by atoms with Crippen LogP contribution in [0.25, 0.3) is 0 Å². The zero-order valence-corrected chi connectivity index (χ0v) is 9.98. The summed E-state index contributed by atoms with van der Waals surface area (Å²) in [6.07, 6.45) is 3.65. The highest BCUT2D eigenvalue weighted by Crippen LogP contribution is 2.21. The Morgan fingerprint density at radius 2 is 2.18 bits per heavy atom. The number of amides is 1. The minimum absolute atomic E-state index is 0.0363. The molecule has 2 rings (SSSR count). The molecular formula is C14H17NO2. The van der Waals surface area contributed by atoms with Gasteiger partial charge in [0.05, 0.1) is 0 Å². The van der Waals surface area contributed by atoms with Crippen molar-refractivity contribution in [3.63, 3.8) is 0 Å². The Hall–Kier alpha value is -1.77. The van der Waals surface area contributed by atoms with Gasteiger partial charge in [-0.05, 0) is 30.9 Å². The molecule has 0 saturated carbocycles. The van der Waals surface area contributed by atoms with Crippen LogP contribution in [0.15, 0.2) is 42.0 Å². The monoisotopic (exact) mass is 231 g/mol. The molecule has 0 radical (unpaired) electrons. The summed E-state index contributed by atoms with van der Waals surface area (Å²) in [6.45, 7) is 2.51. The summed E-state index contributed by atoms with van der Waals surface area (Å²) < 4.78 is 5.33. The summed E-state index contributed by atoms with van der Waals surface area (Å²) in [5.74, 6) is 0. The molecule has 90 valence electrons. The number of nitrogens with one attached hydrogen (secondary N) is 1. The molecule has 1 amide bonds. The summed E-state index contributed by atoms with van der Waals surface area (Å²) >= 11 is 0. The van der Waals surface area contributed by atoms with Crippen LogP contribution in [0.4, 0.5) is 4.79 Å². The van der Waals surface area contributed by atoms with Gasteiger partial charge in [-0.3, -0.25) is 0 Å². The van der Waals surface area contributed by atoms with Crippen molar-refractivity contribution < 1.29 is 9.53 Å². The second kappa shape index (κ2) is 5.53. The highest BCUT2D eigenvalue weighted by molar-refractivity contribution is 5.67. The van der Waals surface area contributed by atoms with E-state index in [2.05, 4.69) is 11.4 Å². The van der Waals surface area contributed by atoms with E-state index < -0.39 is 0 Å². The first-order valence-corrected chi connectivity index (χ1v) is 5.91. The van der Waals surface area contributed by atoms with E-state index in [0.717, 1.165) is 24.0 Å². The fraction of sp³-hybridized carbons (Fsp3) is 0.357. The Morgan fingerprint density at radius 3 is 2.82 bits per heavy atom. The molecule has 1 aromatic carbocycles. The standard InChI is InChI=1S/C14H17NO2/c1-11-6-5-9-13(11)17-14(16)15-10-12-7-3-2-4-8-12/h2-4,6-8,13H,5,9-10H2,1H3,(H,15,16). The lowest BCUT2D eigenvalue weighted by Crippen LogP contribution is -2.28. The first-order chi connectivity index (χ1) is 8.25. The van der Waals surface area contributed by atoms with E-state index in [9.17, 15) is 4.79 Å². The maximum absolute atomic E-state index is 11.6. The molecule has 1 aliphatic rings. The Kier molecular flexibility index (Phi) is 3.81. The van der Waals surface area contributed by atoms with Gasteiger partial charge in [-0.2, -0.15) is 0 Å². The summed E-state index contributed by atoms with van der Waals surface area (Å²) in [4.78, 5) is 11.6. The number of carbonyl (C=O) groups excluding carboxylic acids is 1. The molecule has 3 heteroatoms. The Morgan fingerprint density at radius 1 is 1.41 bits per heavy atom. The molecule has 1 N–H and O–H groups in total. The van der Waals surface area contributed by atoms with Crippen LogP contribution in [0.1, 0.15) is 25.3 Å². The van der Waals surface area contributed by atoms with Crippen molar-refractivity contribution in [1.82, 2.24) is 5.32 Å². The van der Waals surface area contributed by atoms with Gasteiger partial charge < -0.3 is 10.1 Å². The summed E-state index contributed by atoms with van der Waals surface area (Å²) in [6, 6.07) is 9.80. The number of ether oxygens (including phenoxy) is 1. The van der Waals surface area contributed by atoms with Crippen molar-refractivity contribution in [2.24, 2.45) is 0 Å². The molecule has 0 aliphatic heterocycles. The van der Waals surface area contributed by atoms with Crippen molar-refractivity contribution in [2.45, 2.75) is 32.4 Å². The normalized spacial score (nSPS) is 18.6. The van der Waals surface area contributed by atoms with Crippen LogP contribution >= 0.6 is 0 Å². The number of alkyl carbamates (subject to hydrolysis) is 1. The second-order valence-corrected chi connectivity index (χ2v) is 4.26. The van der Waals surface area contributed by atoms with Crippen LogP contribution in [0.2, 0.25) is 0 Å². The second-order valence-electron chi connectivity index (χ2n) is 4.26. The zero-order chi connectivity index (χ0) is 12.1. The topological polar surface area (TPSA) is 38.3 Å². The molecule has 1 aliphatic carbocycles. The fourth-order valence-electron chi connectivity index (χ4n) is 1.91. The first kappa shape index (κ1) is 11.7. The molecular weight excluding hydrogens is 214 g/mol. The number of hydrogen-bond acceptors (Lipinski definition) is 2. The summed E-state index contributed by atoms with van der Waals surface area (Å²) in [5, 5.41) is 2.76. The van der Waals surface area contributed by atoms with E-state index in [1.54, 1.807) is 0 Å². The predicted octanol–water partition coefficient (Wildman–Crippen LogP) is 3.02. The van der Waals surface area contributed by atoms with Crippen molar-refractivity contribution in [2.75, 3.05) is 0 Å². The molecule has 3 nitrogen and oxygen atoms in total. The van der Waals surface area contributed by atoms with Crippen molar-refractivity contribution in [3.8, 4) is 0 Å². The lowest BCUT2D eigenvalue weighted by atomic mass is 10.2. The van der Waals surface area contributed by atoms with Gasteiger partial charge in [0, 0.05) is 6.54 Å². The molecule has 0 saturated heterocycles. The summed E-state index contributed by atoms with van der Waals surface area (Å²) in [7, 11) is 0. The minimum atomic E-state index is -0.339. The zero-order valence-electron chi connectivity index (χ0n) is 9.98. The van der Waals surface area contributed by atoms with Gasteiger partial charge in [-0.25, -0.2) is 4.79 Å². The van der Waals surface area contributed by atoms with Gasteiger partial charge >= 0.3 is 6.09 Å². The van der Waals surface area contributed by atoms with Gasteiger partial charge in [0.15, 0.2) is 0 Å². The lowest BCUT2D eigenvalue weighted by molar-refractivity contribution is 0.114. The van der Waals surface area contributed by atoms with E-state index in [1.807, 2.05) is 37.3 Å². The van der Waals surface area contributed by atoms with Gasteiger partial charge in [-0.1, -0.05) is 36.4 Å². The third-order valence-corrected chi connectivity index (χ3v) is 2.93. The lowest BCUT2D eigenvalue weighted by Gasteiger charge is -2.14. The van der Waals surface area contributed by atoms with E-state index in [0.29, 0.717) is 6.54 Å². The van der Waals surface area contributed by atoms with Crippen LogP contribution in [-0.4, -0.2) is 12.2 Å². The molecule has 0 fully saturated rings. The van der Waals surface area contributed by atoms with Crippen LogP contribution < -0.4 is 5.32 Å². The van der Waals surface area contributed by atoms with E-state index in [4.69, 9.17) is 4.74 Å². The molecule has 1 atom stereocenters. The maximum atomic E-state index is 11.6. The Balaban J connectivity index is 1.77. The smallest absolute Gasteiger partial charge is 0.408 e. The largest absolute Gasteiger partial charge is 0.442 e. The van der Waals surface area contributed by atoms with Crippen LogP contribution in [0.5, 0.6) is 0 Å². The molecule has 0 heterocycles. The Labute approximate surface area is 101 Å². The number of hydrogen-bond donors (Lipinski definition) is 1. The average Bonchev–Trinajstić information content (AvgIpc) is 2.74. The fourth-order valence-corrected chi connectivity index (χ4v) is 1.91. The number of benzene rings is 1. The average molecular weight is 231 g/mol. The van der Waals surface area contributed by atoms with E-state index >= 15 is 0 Å². The Bertz CT molecular complexity index is 411. The number of rotatable bonds is 3. The van der Waals surface area contributed by atoms with Crippen molar-refractivity contribution >= 4 is 6.09 Å². The minimum Gasteiger partial charge on any atom is -0.442 e. The van der Waals surface area contributed by atoms with Gasteiger partial charge in [-0.15, -0.1) is 0 Å². The molecule has 17 heavy (non-hydrogen) atoms. The highest BCUT2D eigenvalue weighted by Gasteiger charge is 2.19. The van der Waals surface area contributed by atoms with Gasteiger partial charge in [0.25, 0.3) is 0 Å². The van der Waals surface area contributed by atoms with Crippen molar-refractivity contribution in [3.05, 3.63) is 47.5 Å². The quantitative estimate of drug-likeness (QED) is 0.812. The maximum Gasteiger partial charge on any atom is 0.408 e. The molecule has 1 aromatic rings. The first-order valence-electron chi connectivity index (χ1n) is 5.91. The molecule has 0 bridgehead atoms. The highest BCUT2D eigenvalue weighted by atomic mass is 16.6. The SMILES string of the molecule is CC1=CCCC1OC(=O)NCc1ccccc1.